The Balaban J connectivity index is 2.43. The Hall–Kier alpha value is -2.08. The summed E-state index contributed by atoms with van der Waals surface area (Å²) in [6.07, 6.45) is 0.845. The van der Waals surface area contributed by atoms with Crippen LogP contribution in [-0.4, -0.2) is 29.7 Å². The molecule has 0 aliphatic carbocycles. The molecule has 0 radical (unpaired) electrons. The molecule has 3 amide bonds. The summed E-state index contributed by atoms with van der Waals surface area (Å²) in [5.41, 5.74) is 6.38. The van der Waals surface area contributed by atoms with Crippen molar-refractivity contribution in [3.05, 3.63) is 35.4 Å². The fourth-order valence-corrected chi connectivity index (χ4v) is 1.62. The minimum atomic E-state index is -0.582. The number of urea groups is 1. The third-order valence-electron chi connectivity index (χ3n) is 2.92. The summed E-state index contributed by atoms with van der Waals surface area (Å²) >= 11 is 0. The zero-order valence-corrected chi connectivity index (χ0v) is 11.6. The van der Waals surface area contributed by atoms with Crippen molar-refractivity contribution in [2.24, 2.45) is 5.73 Å². The number of benzene rings is 1. The fraction of sp³-hybridized carbons (Fsp3) is 0.429. The maximum Gasteiger partial charge on any atom is 0.312 e. The number of nitrogens with one attached hydrogen (secondary N) is 2. The van der Waals surface area contributed by atoms with Crippen LogP contribution < -0.4 is 16.4 Å². The monoisotopic (exact) mass is 279 g/mol. The molecule has 110 valence electrons. The van der Waals surface area contributed by atoms with Crippen LogP contribution in [0.3, 0.4) is 0 Å². The van der Waals surface area contributed by atoms with Crippen molar-refractivity contribution in [2.75, 3.05) is 6.54 Å². The second kappa shape index (κ2) is 8.16. The average molecular weight is 279 g/mol. The molecule has 1 aromatic rings. The van der Waals surface area contributed by atoms with Gasteiger partial charge < -0.3 is 21.5 Å². The third-order valence-corrected chi connectivity index (χ3v) is 2.92. The minimum absolute atomic E-state index is 0.178. The van der Waals surface area contributed by atoms with E-state index in [4.69, 9.17) is 5.73 Å². The van der Waals surface area contributed by atoms with Crippen LogP contribution in [0.4, 0.5) is 4.79 Å². The van der Waals surface area contributed by atoms with Gasteiger partial charge in [0.05, 0.1) is 6.10 Å². The van der Waals surface area contributed by atoms with Gasteiger partial charge in [0.1, 0.15) is 0 Å². The van der Waals surface area contributed by atoms with E-state index in [0.717, 1.165) is 5.56 Å². The van der Waals surface area contributed by atoms with Crippen molar-refractivity contribution in [1.82, 2.24) is 10.6 Å². The Labute approximate surface area is 118 Å². The molecular weight excluding hydrogens is 258 g/mol. The molecule has 0 saturated heterocycles. The van der Waals surface area contributed by atoms with Gasteiger partial charge in [0.2, 0.25) is 0 Å². The summed E-state index contributed by atoms with van der Waals surface area (Å²) < 4.78 is 0. The van der Waals surface area contributed by atoms with E-state index < -0.39 is 6.03 Å². The lowest BCUT2D eigenvalue weighted by molar-refractivity contribution is 0.0942. The summed E-state index contributed by atoms with van der Waals surface area (Å²) in [7, 11) is 0. The number of hydrogen-bond donors (Lipinski definition) is 4. The number of carbonyl (C=O) groups excluding carboxylic acids is 2. The number of hydrogen-bond acceptors (Lipinski definition) is 3. The van der Waals surface area contributed by atoms with E-state index in [1.165, 1.54) is 0 Å². The quantitative estimate of drug-likeness (QED) is 0.592. The van der Waals surface area contributed by atoms with Gasteiger partial charge >= 0.3 is 6.03 Å². The van der Waals surface area contributed by atoms with Crippen molar-refractivity contribution in [1.29, 1.82) is 0 Å². The SMILES string of the molecule is CCC(O)CCNC(=O)c1ccc(CNC(N)=O)cc1. The lowest BCUT2D eigenvalue weighted by atomic mass is 10.1. The molecule has 0 saturated carbocycles. The van der Waals surface area contributed by atoms with Crippen LogP contribution in [0, 0.1) is 0 Å². The first-order valence-corrected chi connectivity index (χ1v) is 6.61. The highest BCUT2D eigenvalue weighted by Gasteiger charge is 2.06. The van der Waals surface area contributed by atoms with Gasteiger partial charge in [-0.3, -0.25) is 4.79 Å². The molecule has 1 aromatic carbocycles. The normalized spacial score (nSPS) is 11.7. The van der Waals surface area contributed by atoms with Crippen LogP contribution >= 0.6 is 0 Å². The van der Waals surface area contributed by atoms with E-state index in [9.17, 15) is 14.7 Å². The second-order valence-corrected chi connectivity index (χ2v) is 4.52. The predicted octanol–water partition coefficient (Wildman–Crippen LogP) is 0.746. The highest BCUT2D eigenvalue weighted by atomic mass is 16.3. The lowest BCUT2D eigenvalue weighted by Gasteiger charge is -2.09. The molecule has 0 aliphatic rings. The Kier molecular flexibility index (Phi) is 6.52. The second-order valence-electron chi connectivity index (χ2n) is 4.52. The molecule has 1 rings (SSSR count). The first kappa shape index (κ1) is 16.0. The Morgan fingerprint density at radius 1 is 1.25 bits per heavy atom. The minimum Gasteiger partial charge on any atom is -0.393 e. The summed E-state index contributed by atoms with van der Waals surface area (Å²) in [6, 6.07) is 6.30. The van der Waals surface area contributed by atoms with Gasteiger partial charge in [0.15, 0.2) is 0 Å². The number of carbonyl (C=O) groups is 2. The number of amides is 3. The summed E-state index contributed by atoms with van der Waals surface area (Å²) in [5, 5.41) is 14.6. The molecule has 0 heterocycles. The van der Waals surface area contributed by atoms with Crippen LogP contribution in [0.25, 0.3) is 0 Å². The largest absolute Gasteiger partial charge is 0.393 e. The lowest BCUT2D eigenvalue weighted by Crippen LogP contribution is -2.29. The van der Waals surface area contributed by atoms with Gasteiger partial charge in [-0.1, -0.05) is 19.1 Å². The molecule has 6 heteroatoms. The number of primary amides is 1. The van der Waals surface area contributed by atoms with Gasteiger partial charge in [0, 0.05) is 18.7 Å². The van der Waals surface area contributed by atoms with Crippen molar-refractivity contribution in [2.45, 2.75) is 32.4 Å². The average Bonchev–Trinajstić information content (AvgIpc) is 2.45. The molecule has 0 spiro atoms. The molecule has 5 N–H and O–H groups in total. The highest BCUT2D eigenvalue weighted by molar-refractivity contribution is 5.94. The van der Waals surface area contributed by atoms with Crippen LogP contribution in [0.2, 0.25) is 0 Å². The molecule has 0 fully saturated rings. The Morgan fingerprint density at radius 2 is 1.90 bits per heavy atom. The molecule has 1 unspecified atom stereocenters. The number of aliphatic hydroxyl groups is 1. The van der Waals surface area contributed by atoms with E-state index in [1.807, 2.05) is 6.92 Å². The summed E-state index contributed by atoms with van der Waals surface area (Å²) in [5.74, 6) is -0.178. The first-order valence-electron chi connectivity index (χ1n) is 6.61. The summed E-state index contributed by atoms with van der Waals surface area (Å²) in [6.45, 7) is 2.67. The van der Waals surface area contributed by atoms with E-state index >= 15 is 0 Å². The van der Waals surface area contributed by atoms with E-state index in [1.54, 1.807) is 24.3 Å². The topological polar surface area (TPSA) is 104 Å². The highest BCUT2D eigenvalue weighted by Crippen LogP contribution is 2.04. The van der Waals surface area contributed by atoms with Gasteiger partial charge in [-0.05, 0) is 30.5 Å². The molecule has 0 aliphatic heterocycles. The van der Waals surface area contributed by atoms with E-state index in [-0.39, 0.29) is 12.0 Å². The first-order chi connectivity index (χ1) is 9.52. The van der Waals surface area contributed by atoms with Crippen LogP contribution in [-0.2, 0) is 6.54 Å². The fourth-order valence-electron chi connectivity index (χ4n) is 1.62. The van der Waals surface area contributed by atoms with Gasteiger partial charge in [0.25, 0.3) is 5.91 Å². The summed E-state index contributed by atoms with van der Waals surface area (Å²) in [4.78, 5) is 22.4. The smallest absolute Gasteiger partial charge is 0.312 e. The van der Waals surface area contributed by atoms with E-state index in [0.29, 0.717) is 31.5 Å². The van der Waals surface area contributed by atoms with E-state index in [2.05, 4.69) is 10.6 Å². The van der Waals surface area contributed by atoms with Gasteiger partial charge in [-0.15, -0.1) is 0 Å². The van der Waals surface area contributed by atoms with Gasteiger partial charge in [-0.2, -0.15) is 0 Å². The maximum absolute atomic E-state index is 11.8. The van der Waals surface area contributed by atoms with Crippen LogP contribution in [0.1, 0.15) is 35.7 Å². The molecule has 6 nitrogen and oxygen atoms in total. The molecule has 20 heavy (non-hydrogen) atoms. The van der Waals surface area contributed by atoms with Crippen LogP contribution in [0.15, 0.2) is 24.3 Å². The number of nitrogens with two attached hydrogens (primary N) is 1. The van der Waals surface area contributed by atoms with Crippen molar-refractivity contribution >= 4 is 11.9 Å². The number of rotatable bonds is 7. The molecule has 0 aromatic heterocycles. The Morgan fingerprint density at radius 3 is 2.45 bits per heavy atom. The third kappa shape index (κ3) is 5.71. The van der Waals surface area contributed by atoms with Crippen molar-refractivity contribution < 1.29 is 14.7 Å². The predicted molar refractivity (Wildman–Crippen MR) is 76.1 cm³/mol. The van der Waals surface area contributed by atoms with Gasteiger partial charge in [-0.25, -0.2) is 4.79 Å². The maximum atomic E-state index is 11.8. The van der Waals surface area contributed by atoms with Crippen molar-refractivity contribution in [3.8, 4) is 0 Å². The molecular formula is C14H21N3O3. The Bertz CT molecular complexity index is 445. The zero-order chi connectivity index (χ0) is 15.0. The van der Waals surface area contributed by atoms with Crippen LogP contribution in [0.5, 0.6) is 0 Å². The standard InChI is InChI=1S/C14H21N3O3/c1-2-12(18)7-8-16-13(19)11-5-3-10(4-6-11)9-17-14(15)20/h3-6,12,18H,2,7-9H2,1H3,(H,16,19)(H3,15,17,20). The zero-order valence-electron chi connectivity index (χ0n) is 11.6. The molecule has 0 bridgehead atoms. The number of aliphatic hydroxyl groups excluding tert-OH is 1. The molecule has 1 atom stereocenters. The van der Waals surface area contributed by atoms with Crippen molar-refractivity contribution in [3.63, 3.8) is 0 Å².